The van der Waals surface area contributed by atoms with Gasteiger partial charge >= 0.3 is 0 Å². The van der Waals surface area contributed by atoms with E-state index in [0.717, 1.165) is 11.3 Å². The molecule has 0 radical (unpaired) electrons. The summed E-state index contributed by atoms with van der Waals surface area (Å²) < 4.78 is 50.4. The van der Waals surface area contributed by atoms with Crippen molar-refractivity contribution in [1.82, 2.24) is 0 Å². The van der Waals surface area contributed by atoms with Gasteiger partial charge in [0.15, 0.2) is 10.6 Å². The van der Waals surface area contributed by atoms with Crippen LogP contribution in [-0.2, 0) is 30.4 Å². The molecule has 0 unspecified atom stereocenters. The number of hydrogen-bond acceptors (Lipinski definition) is 6. The molecule has 0 saturated carbocycles. The predicted molar refractivity (Wildman–Crippen MR) is 104 cm³/mol. The first kappa shape index (κ1) is 23.4. The summed E-state index contributed by atoms with van der Waals surface area (Å²) in [4.78, 5) is 1.33. The van der Waals surface area contributed by atoms with Gasteiger partial charge in [0.25, 0.3) is 10.1 Å². The van der Waals surface area contributed by atoms with E-state index >= 15 is 0 Å². The summed E-state index contributed by atoms with van der Waals surface area (Å²) in [5.41, 5.74) is -0.717. The van der Waals surface area contributed by atoms with Crippen LogP contribution in [0.25, 0.3) is 0 Å². The van der Waals surface area contributed by atoms with Crippen molar-refractivity contribution in [2.24, 2.45) is 0 Å². The summed E-state index contributed by atoms with van der Waals surface area (Å²) >= 11 is 1.40. The Hall–Kier alpha value is -0.670. The topological polar surface area (TPSA) is 82.1 Å². The zero-order valence-corrected chi connectivity index (χ0v) is 18.5. The number of methoxy groups -OCH3 is 1. The van der Waals surface area contributed by atoms with Gasteiger partial charge in [-0.25, -0.2) is 0 Å². The van der Waals surface area contributed by atoms with Crippen molar-refractivity contribution >= 4 is 21.5 Å². The molecule has 0 fully saturated rings. The minimum absolute atomic E-state index is 0.101. The van der Waals surface area contributed by atoms with Crippen LogP contribution in [0.15, 0.2) is 4.90 Å². The molecule has 26 heavy (non-hydrogen) atoms. The predicted octanol–water partition coefficient (Wildman–Crippen LogP) is 4.02. The second kappa shape index (κ2) is 9.01. The van der Waals surface area contributed by atoms with E-state index in [2.05, 4.69) is 0 Å². The summed E-state index contributed by atoms with van der Waals surface area (Å²) in [6, 6.07) is 0. The zero-order valence-electron chi connectivity index (χ0n) is 16.8. The zero-order chi connectivity index (χ0) is 20.2. The number of thiophene rings is 1. The first-order chi connectivity index (χ1) is 11.9. The van der Waals surface area contributed by atoms with Gasteiger partial charge in [-0.05, 0) is 11.8 Å². The van der Waals surface area contributed by atoms with E-state index in [1.54, 1.807) is 7.11 Å². The second-order valence-corrected chi connectivity index (χ2v) is 10.2. The van der Waals surface area contributed by atoms with Crippen LogP contribution in [0.1, 0.15) is 57.7 Å². The molecule has 0 aliphatic heterocycles. The third kappa shape index (κ3) is 5.92. The Labute approximate surface area is 161 Å². The SMILES string of the molecule is CCC(C)(C)c1sc(C(C)(C)C)c(OCCOCCOC)c1S(=O)(=O)O. The highest BCUT2D eigenvalue weighted by molar-refractivity contribution is 7.86. The fourth-order valence-corrected chi connectivity index (χ4v) is 5.09. The summed E-state index contributed by atoms with van der Waals surface area (Å²) in [7, 11) is -2.83. The van der Waals surface area contributed by atoms with Crippen LogP contribution in [0.4, 0.5) is 0 Å². The van der Waals surface area contributed by atoms with Gasteiger partial charge in [-0.15, -0.1) is 11.3 Å². The molecule has 0 amide bonds. The molecular formula is C18H32O6S2. The summed E-state index contributed by atoms with van der Waals surface area (Å²) in [5.74, 6) is 0.247. The molecule has 0 aromatic carbocycles. The first-order valence-electron chi connectivity index (χ1n) is 8.71. The first-order valence-corrected chi connectivity index (χ1v) is 11.0. The van der Waals surface area contributed by atoms with Crippen molar-refractivity contribution in [2.75, 3.05) is 33.5 Å². The Morgan fingerprint density at radius 3 is 2.04 bits per heavy atom. The number of rotatable bonds is 10. The molecule has 1 aromatic heterocycles. The van der Waals surface area contributed by atoms with E-state index < -0.39 is 15.5 Å². The molecule has 1 aromatic rings. The van der Waals surface area contributed by atoms with Gasteiger partial charge in [-0.3, -0.25) is 4.55 Å². The Balaban J connectivity index is 3.31. The molecular weight excluding hydrogens is 376 g/mol. The highest BCUT2D eigenvalue weighted by atomic mass is 32.2. The summed E-state index contributed by atoms with van der Waals surface area (Å²) in [5, 5.41) is 0. The molecule has 6 nitrogen and oxygen atoms in total. The maximum absolute atomic E-state index is 12.2. The lowest BCUT2D eigenvalue weighted by atomic mass is 9.88. The van der Waals surface area contributed by atoms with Crippen LogP contribution in [0.5, 0.6) is 5.75 Å². The lowest BCUT2D eigenvalue weighted by Crippen LogP contribution is -2.18. The average molecular weight is 409 g/mol. The molecule has 8 heteroatoms. The lowest BCUT2D eigenvalue weighted by Gasteiger charge is -2.22. The maximum Gasteiger partial charge on any atom is 0.299 e. The monoisotopic (exact) mass is 408 g/mol. The fraction of sp³-hybridized carbons (Fsp3) is 0.778. The minimum atomic E-state index is -4.42. The van der Waals surface area contributed by atoms with Crippen molar-refractivity contribution in [3.05, 3.63) is 9.75 Å². The Bertz CT molecular complexity index is 683. The van der Waals surface area contributed by atoms with Gasteiger partial charge in [0.05, 0.1) is 24.7 Å². The van der Waals surface area contributed by atoms with Crippen LogP contribution in [0.2, 0.25) is 0 Å². The van der Waals surface area contributed by atoms with Crippen molar-refractivity contribution in [3.63, 3.8) is 0 Å². The molecule has 152 valence electrons. The van der Waals surface area contributed by atoms with Crippen molar-refractivity contribution < 1.29 is 27.2 Å². The van der Waals surface area contributed by atoms with Crippen molar-refractivity contribution in [2.45, 2.75) is 63.7 Å². The summed E-state index contributed by atoms with van der Waals surface area (Å²) in [6.45, 7) is 13.3. The fourth-order valence-electron chi connectivity index (χ4n) is 2.31. The van der Waals surface area contributed by atoms with Gasteiger partial charge < -0.3 is 14.2 Å². The largest absolute Gasteiger partial charge is 0.489 e. The van der Waals surface area contributed by atoms with Gasteiger partial charge in [0.2, 0.25) is 0 Å². The second-order valence-electron chi connectivity index (χ2n) is 7.83. The maximum atomic E-state index is 12.2. The Morgan fingerprint density at radius 2 is 1.58 bits per heavy atom. The minimum Gasteiger partial charge on any atom is -0.489 e. The van der Waals surface area contributed by atoms with E-state index in [4.69, 9.17) is 14.2 Å². The standard InChI is InChI=1S/C18H32O6S2/c1-8-18(5,6)16-14(26(19,20)21)13(15(25-16)17(2,3)4)24-12-11-23-10-9-22-7/h8-12H2,1-7H3,(H,19,20,21). The molecule has 1 rings (SSSR count). The van der Waals surface area contributed by atoms with Crippen LogP contribution in [0.3, 0.4) is 0 Å². The Morgan fingerprint density at radius 1 is 1.00 bits per heavy atom. The highest BCUT2D eigenvalue weighted by Crippen LogP contribution is 2.49. The van der Waals surface area contributed by atoms with Crippen molar-refractivity contribution in [3.8, 4) is 5.75 Å². The normalized spacial score (nSPS) is 13.2. The van der Waals surface area contributed by atoms with E-state index in [0.29, 0.717) is 24.7 Å². The molecule has 1 N–H and O–H groups in total. The van der Waals surface area contributed by atoms with E-state index in [-0.39, 0.29) is 22.7 Å². The van der Waals surface area contributed by atoms with Gasteiger partial charge in [-0.2, -0.15) is 8.42 Å². The molecule has 0 atom stereocenters. The third-order valence-corrected chi connectivity index (χ3v) is 7.16. The van der Waals surface area contributed by atoms with Gasteiger partial charge in [0, 0.05) is 17.4 Å². The average Bonchev–Trinajstić information content (AvgIpc) is 2.91. The molecule has 0 aliphatic carbocycles. The molecule has 0 spiro atoms. The van der Waals surface area contributed by atoms with E-state index in [9.17, 15) is 13.0 Å². The smallest absolute Gasteiger partial charge is 0.299 e. The molecule has 0 saturated heterocycles. The van der Waals surface area contributed by atoms with Crippen LogP contribution in [-0.4, -0.2) is 46.5 Å². The van der Waals surface area contributed by atoms with Gasteiger partial charge in [-0.1, -0.05) is 41.5 Å². The number of hydrogen-bond donors (Lipinski definition) is 1. The molecule has 1 heterocycles. The van der Waals surface area contributed by atoms with E-state index in [1.165, 1.54) is 11.3 Å². The number of ether oxygens (including phenoxy) is 3. The molecule has 0 aliphatic rings. The molecule has 0 bridgehead atoms. The lowest BCUT2D eigenvalue weighted by molar-refractivity contribution is 0.0537. The van der Waals surface area contributed by atoms with Crippen LogP contribution in [0, 0.1) is 0 Å². The highest BCUT2D eigenvalue weighted by Gasteiger charge is 2.38. The summed E-state index contributed by atoms with van der Waals surface area (Å²) in [6.07, 6.45) is 0.735. The van der Waals surface area contributed by atoms with Crippen molar-refractivity contribution in [1.29, 1.82) is 0 Å². The van der Waals surface area contributed by atoms with E-state index in [1.807, 2.05) is 41.5 Å². The van der Waals surface area contributed by atoms with Gasteiger partial charge in [0.1, 0.15) is 6.61 Å². The van der Waals surface area contributed by atoms with Crippen LogP contribution >= 0.6 is 11.3 Å². The third-order valence-electron chi connectivity index (χ3n) is 4.17. The van der Waals surface area contributed by atoms with Crippen LogP contribution < -0.4 is 4.74 Å². The quantitative estimate of drug-likeness (QED) is 0.465. The Kier molecular flexibility index (Phi) is 8.10.